The molecular formula is C10H11N3O2S. The largest absolute Gasteiger partial charge is 0.490 e. The zero-order valence-electron chi connectivity index (χ0n) is 8.93. The van der Waals surface area contributed by atoms with Crippen LogP contribution in [0, 0.1) is 6.92 Å². The summed E-state index contributed by atoms with van der Waals surface area (Å²) < 4.78 is 10.4. The van der Waals surface area contributed by atoms with Crippen LogP contribution in [0.4, 0.5) is 5.82 Å². The van der Waals surface area contributed by atoms with E-state index in [9.17, 15) is 0 Å². The molecular weight excluding hydrogens is 226 g/mol. The quantitative estimate of drug-likeness (QED) is 0.824. The number of nitrogens with zero attached hydrogens (tertiary/aromatic N) is 2. The van der Waals surface area contributed by atoms with Gasteiger partial charge in [-0.1, -0.05) is 11.8 Å². The maximum Gasteiger partial charge on any atom is 0.193 e. The van der Waals surface area contributed by atoms with E-state index in [0.29, 0.717) is 16.6 Å². The Labute approximate surface area is 97.0 Å². The summed E-state index contributed by atoms with van der Waals surface area (Å²) in [6.45, 7) is 1.89. The predicted octanol–water partition coefficient (Wildman–Crippen LogP) is 2.12. The molecule has 0 unspecified atom stereocenters. The zero-order valence-corrected chi connectivity index (χ0v) is 9.75. The van der Waals surface area contributed by atoms with Gasteiger partial charge in [-0.05, 0) is 13.0 Å². The number of furan rings is 1. The summed E-state index contributed by atoms with van der Waals surface area (Å²) in [5, 5.41) is 0.680. The highest BCUT2D eigenvalue weighted by atomic mass is 32.2. The molecule has 0 aliphatic heterocycles. The van der Waals surface area contributed by atoms with Gasteiger partial charge in [-0.15, -0.1) is 0 Å². The van der Waals surface area contributed by atoms with Crippen molar-refractivity contribution in [1.82, 2.24) is 9.97 Å². The SMILES string of the molecule is COc1c(N)ncnc1Sc1ccoc1C. The Kier molecular flexibility index (Phi) is 3.00. The first kappa shape index (κ1) is 10.8. The molecule has 2 heterocycles. The molecule has 2 rings (SSSR count). The minimum absolute atomic E-state index is 0.334. The molecule has 5 nitrogen and oxygen atoms in total. The fraction of sp³-hybridized carbons (Fsp3) is 0.200. The van der Waals surface area contributed by atoms with E-state index in [1.807, 2.05) is 13.0 Å². The average Bonchev–Trinajstić information content (AvgIpc) is 2.65. The van der Waals surface area contributed by atoms with Gasteiger partial charge in [0.05, 0.1) is 18.3 Å². The predicted molar refractivity (Wildman–Crippen MR) is 60.6 cm³/mol. The second-order valence-corrected chi connectivity index (χ2v) is 4.07. The Hall–Kier alpha value is -1.69. The number of aromatic nitrogens is 2. The highest BCUT2D eigenvalue weighted by molar-refractivity contribution is 7.99. The van der Waals surface area contributed by atoms with Crippen LogP contribution in [0.25, 0.3) is 0 Å². The lowest BCUT2D eigenvalue weighted by Gasteiger charge is -2.07. The lowest BCUT2D eigenvalue weighted by molar-refractivity contribution is 0.401. The molecule has 0 aliphatic rings. The van der Waals surface area contributed by atoms with E-state index < -0.39 is 0 Å². The van der Waals surface area contributed by atoms with Crippen molar-refractivity contribution in [3.63, 3.8) is 0 Å². The topological polar surface area (TPSA) is 74.2 Å². The third-order valence-corrected chi connectivity index (χ3v) is 3.15. The number of nitrogens with two attached hydrogens (primary N) is 1. The molecule has 0 fully saturated rings. The van der Waals surface area contributed by atoms with Gasteiger partial charge in [0.25, 0.3) is 0 Å². The van der Waals surface area contributed by atoms with Crippen LogP contribution >= 0.6 is 11.8 Å². The normalized spacial score (nSPS) is 10.4. The molecule has 2 aromatic heterocycles. The number of aryl methyl sites for hydroxylation is 1. The van der Waals surface area contributed by atoms with Crippen molar-refractivity contribution in [2.75, 3.05) is 12.8 Å². The molecule has 2 aromatic rings. The molecule has 0 saturated heterocycles. The molecule has 2 N–H and O–H groups in total. The van der Waals surface area contributed by atoms with Gasteiger partial charge in [0, 0.05) is 0 Å². The van der Waals surface area contributed by atoms with Gasteiger partial charge >= 0.3 is 0 Å². The monoisotopic (exact) mass is 237 g/mol. The summed E-state index contributed by atoms with van der Waals surface area (Å²) in [7, 11) is 1.54. The van der Waals surface area contributed by atoms with E-state index in [2.05, 4.69) is 9.97 Å². The summed E-state index contributed by atoms with van der Waals surface area (Å²) in [5.74, 6) is 1.67. The van der Waals surface area contributed by atoms with Crippen LogP contribution in [-0.2, 0) is 0 Å². The molecule has 0 radical (unpaired) electrons. The van der Waals surface area contributed by atoms with Crippen LogP contribution < -0.4 is 10.5 Å². The highest BCUT2D eigenvalue weighted by Gasteiger charge is 2.13. The fourth-order valence-electron chi connectivity index (χ4n) is 1.22. The third-order valence-electron chi connectivity index (χ3n) is 2.02. The second kappa shape index (κ2) is 4.44. The van der Waals surface area contributed by atoms with Crippen LogP contribution in [0.5, 0.6) is 5.75 Å². The van der Waals surface area contributed by atoms with Gasteiger partial charge in [-0.2, -0.15) is 0 Å². The first-order valence-corrected chi connectivity index (χ1v) is 5.40. The van der Waals surface area contributed by atoms with Gasteiger partial charge in [0.2, 0.25) is 0 Å². The van der Waals surface area contributed by atoms with E-state index >= 15 is 0 Å². The maximum absolute atomic E-state index is 5.69. The second-order valence-electron chi connectivity index (χ2n) is 3.04. The van der Waals surface area contributed by atoms with Crippen molar-refractivity contribution >= 4 is 17.6 Å². The Balaban J connectivity index is 2.35. The molecule has 84 valence electrons. The summed E-state index contributed by atoms with van der Waals surface area (Å²) >= 11 is 1.44. The van der Waals surface area contributed by atoms with E-state index in [0.717, 1.165) is 10.7 Å². The van der Waals surface area contributed by atoms with Crippen LogP contribution in [0.15, 0.2) is 33.0 Å². The third kappa shape index (κ3) is 1.96. The van der Waals surface area contributed by atoms with E-state index in [1.54, 1.807) is 13.4 Å². The Morgan fingerprint density at radius 1 is 1.44 bits per heavy atom. The minimum Gasteiger partial charge on any atom is -0.490 e. The van der Waals surface area contributed by atoms with Crippen molar-refractivity contribution in [1.29, 1.82) is 0 Å². The number of methoxy groups -OCH3 is 1. The average molecular weight is 237 g/mol. The van der Waals surface area contributed by atoms with Gasteiger partial charge in [-0.3, -0.25) is 0 Å². The number of hydrogen-bond donors (Lipinski definition) is 1. The Morgan fingerprint density at radius 3 is 2.88 bits per heavy atom. The molecule has 0 aromatic carbocycles. The van der Waals surface area contributed by atoms with Gasteiger partial charge in [-0.25, -0.2) is 9.97 Å². The minimum atomic E-state index is 0.334. The smallest absolute Gasteiger partial charge is 0.193 e. The zero-order chi connectivity index (χ0) is 11.5. The summed E-state index contributed by atoms with van der Waals surface area (Å²) in [6.07, 6.45) is 3.05. The van der Waals surface area contributed by atoms with E-state index in [-0.39, 0.29) is 0 Å². The van der Waals surface area contributed by atoms with Gasteiger partial charge in [0.15, 0.2) is 11.6 Å². The van der Waals surface area contributed by atoms with Crippen molar-refractivity contribution < 1.29 is 9.15 Å². The van der Waals surface area contributed by atoms with Crippen LogP contribution in [0.3, 0.4) is 0 Å². The van der Waals surface area contributed by atoms with E-state index in [1.165, 1.54) is 18.1 Å². The van der Waals surface area contributed by atoms with Gasteiger partial charge in [0.1, 0.15) is 17.1 Å². The standard InChI is InChI=1S/C10H11N3O2S/c1-6-7(3-4-15-6)16-10-8(14-2)9(11)12-5-13-10/h3-5H,1-2H3,(H2,11,12,13). The number of nitrogen functional groups attached to an aromatic ring is 1. The lowest BCUT2D eigenvalue weighted by atomic mass is 10.5. The number of anilines is 1. The number of hydrogen-bond acceptors (Lipinski definition) is 6. The van der Waals surface area contributed by atoms with Crippen molar-refractivity contribution in [3.05, 3.63) is 24.4 Å². The van der Waals surface area contributed by atoms with Gasteiger partial charge < -0.3 is 14.9 Å². The molecule has 0 amide bonds. The first-order valence-electron chi connectivity index (χ1n) is 4.58. The molecule has 0 saturated carbocycles. The first-order chi connectivity index (χ1) is 7.72. The lowest BCUT2D eigenvalue weighted by Crippen LogP contribution is -1.98. The molecule has 6 heteroatoms. The molecule has 0 aliphatic carbocycles. The molecule has 0 atom stereocenters. The van der Waals surface area contributed by atoms with Crippen molar-refractivity contribution in [3.8, 4) is 5.75 Å². The molecule has 0 spiro atoms. The molecule has 16 heavy (non-hydrogen) atoms. The Bertz CT molecular complexity index is 499. The number of rotatable bonds is 3. The highest BCUT2D eigenvalue weighted by Crippen LogP contribution is 2.36. The van der Waals surface area contributed by atoms with Crippen molar-refractivity contribution in [2.24, 2.45) is 0 Å². The van der Waals surface area contributed by atoms with Crippen molar-refractivity contribution in [2.45, 2.75) is 16.8 Å². The molecule has 0 bridgehead atoms. The Morgan fingerprint density at radius 2 is 2.25 bits per heavy atom. The summed E-state index contributed by atoms with van der Waals surface area (Å²) in [4.78, 5) is 8.98. The number of ether oxygens (including phenoxy) is 1. The maximum atomic E-state index is 5.69. The van der Waals surface area contributed by atoms with Crippen LogP contribution in [-0.4, -0.2) is 17.1 Å². The van der Waals surface area contributed by atoms with Crippen LogP contribution in [0.1, 0.15) is 5.76 Å². The summed E-state index contributed by atoms with van der Waals surface area (Å²) in [6, 6.07) is 1.87. The summed E-state index contributed by atoms with van der Waals surface area (Å²) in [5.41, 5.74) is 5.69. The van der Waals surface area contributed by atoms with E-state index in [4.69, 9.17) is 14.9 Å². The fourth-order valence-corrected chi connectivity index (χ4v) is 2.12. The van der Waals surface area contributed by atoms with Crippen LogP contribution in [0.2, 0.25) is 0 Å².